The molecule has 1 aliphatic heterocycles. The first kappa shape index (κ1) is 16.2. The molecule has 0 bridgehead atoms. The summed E-state index contributed by atoms with van der Waals surface area (Å²) >= 11 is 7.58. The van der Waals surface area contributed by atoms with Crippen LogP contribution in [0.1, 0.15) is 29.8 Å². The molecule has 3 nitrogen and oxygen atoms in total. The molecule has 2 heterocycles. The van der Waals surface area contributed by atoms with Crippen molar-refractivity contribution >= 4 is 34.1 Å². The summed E-state index contributed by atoms with van der Waals surface area (Å²) < 4.78 is 0. The number of aliphatic hydroxyl groups is 1. The molecule has 0 amide bonds. The predicted molar refractivity (Wildman–Crippen MR) is 94.6 cm³/mol. The Kier molecular flexibility index (Phi) is 4.32. The van der Waals surface area contributed by atoms with Crippen LogP contribution in [0.5, 0.6) is 0 Å². The van der Waals surface area contributed by atoms with E-state index in [2.05, 4.69) is 4.98 Å². The lowest BCUT2D eigenvalue weighted by atomic mass is 9.86. The van der Waals surface area contributed by atoms with Gasteiger partial charge in [0.1, 0.15) is 5.60 Å². The zero-order valence-corrected chi connectivity index (χ0v) is 14.4. The van der Waals surface area contributed by atoms with E-state index in [1.807, 2.05) is 25.1 Å². The van der Waals surface area contributed by atoms with Crippen LogP contribution >= 0.6 is 23.4 Å². The predicted octanol–water partition coefficient (Wildman–Crippen LogP) is 4.22. The molecule has 0 saturated heterocycles. The van der Waals surface area contributed by atoms with Gasteiger partial charge in [-0.05, 0) is 43.7 Å². The van der Waals surface area contributed by atoms with Crippen LogP contribution in [0.4, 0.5) is 0 Å². The third-order valence-corrected chi connectivity index (χ3v) is 5.78. The maximum atomic E-state index is 13.0. The molecule has 1 N–H and O–H groups in total. The van der Waals surface area contributed by atoms with Gasteiger partial charge in [0.05, 0.1) is 0 Å². The van der Waals surface area contributed by atoms with Gasteiger partial charge in [-0.1, -0.05) is 23.7 Å². The van der Waals surface area contributed by atoms with Gasteiger partial charge in [-0.15, -0.1) is 11.8 Å². The van der Waals surface area contributed by atoms with Crippen molar-refractivity contribution in [1.29, 1.82) is 0 Å². The van der Waals surface area contributed by atoms with Crippen LogP contribution in [0.2, 0.25) is 5.02 Å². The first-order chi connectivity index (χ1) is 10.9. The molecule has 0 saturated carbocycles. The number of carbonyl (C=O) groups is 1. The Morgan fingerprint density at radius 2 is 2.13 bits per heavy atom. The summed E-state index contributed by atoms with van der Waals surface area (Å²) in [5.41, 5.74) is 0.511. The van der Waals surface area contributed by atoms with Crippen molar-refractivity contribution in [2.75, 3.05) is 0 Å². The van der Waals surface area contributed by atoms with Gasteiger partial charge in [0.2, 0.25) is 0 Å². The van der Waals surface area contributed by atoms with E-state index in [9.17, 15) is 9.90 Å². The third kappa shape index (κ3) is 2.94. The molecule has 2 unspecified atom stereocenters. The van der Waals surface area contributed by atoms with Crippen LogP contribution in [-0.4, -0.2) is 26.7 Å². The van der Waals surface area contributed by atoms with E-state index in [0.29, 0.717) is 16.2 Å². The number of hydrogen-bond donors (Lipinski definition) is 1. The highest BCUT2D eigenvalue weighted by Gasteiger charge is 2.45. The molecule has 1 aliphatic rings. The van der Waals surface area contributed by atoms with Crippen molar-refractivity contribution < 1.29 is 9.90 Å². The summed E-state index contributed by atoms with van der Waals surface area (Å²) in [6.45, 7) is 3.60. The monoisotopic (exact) mass is 345 g/mol. The van der Waals surface area contributed by atoms with Gasteiger partial charge in [-0.25, -0.2) is 0 Å². The Bertz CT molecular complexity index is 787. The molecular weight excluding hydrogens is 330 g/mol. The fourth-order valence-corrected chi connectivity index (χ4v) is 4.17. The van der Waals surface area contributed by atoms with Crippen molar-refractivity contribution in [3.05, 3.63) is 70.5 Å². The number of rotatable bonds is 3. The standard InChI is InChI=1S/C18H16ClNO2S/c1-11-18(2,22)15(16(21)13-6-4-8-20-10-13)17(23-11)12-5-3-7-14(19)9-12/h3-11,22H,1-2H3. The highest BCUT2D eigenvalue weighted by Crippen LogP contribution is 2.50. The Balaban J connectivity index is 2.17. The summed E-state index contributed by atoms with van der Waals surface area (Å²) in [4.78, 5) is 17.8. The van der Waals surface area contributed by atoms with Gasteiger partial charge in [0.25, 0.3) is 0 Å². The van der Waals surface area contributed by atoms with E-state index in [-0.39, 0.29) is 11.0 Å². The second-order valence-corrected chi connectivity index (χ2v) is 7.48. The maximum absolute atomic E-state index is 13.0. The van der Waals surface area contributed by atoms with Crippen molar-refractivity contribution in [3.63, 3.8) is 0 Å². The number of ketones is 1. The number of pyridine rings is 1. The minimum absolute atomic E-state index is 0.132. The molecule has 23 heavy (non-hydrogen) atoms. The fourth-order valence-electron chi connectivity index (χ4n) is 2.60. The lowest BCUT2D eigenvalue weighted by Gasteiger charge is -2.24. The number of benzene rings is 1. The average molecular weight is 346 g/mol. The number of aromatic nitrogens is 1. The maximum Gasteiger partial charge on any atom is 0.194 e. The van der Waals surface area contributed by atoms with E-state index in [0.717, 1.165) is 10.5 Å². The number of Topliss-reactive ketones (excluding diaryl/α,β-unsaturated/α-hetero) is 1. The lowest BCUT2D eigenvalue weighted by Crippen LogP contribution is -2.36. The van der Waals surface area contributed by atoms with Gasteiger partial charge in [0.15, 0.2) is 5.78 Å². The van der Waals surface area contributed by atoms with Crippen LogP contribution < -0.4 is 0 Å². The average Bonchev–Trinajstić information content (AvgIpc) is 2.78. The topological polar surface area (TPSA) is 50.2 Å². The van der Waals surface area contributed by atoms with E-state index in [1.54, 1.807) is 31.3 Å². The minimum atomic E-state index is -1.21. The second kappa shape index (κ2) is 6.11. The minimum Gasteiger partial charge on any atom is -0.384 e. The number of thioether (sulfide) groups is 1. The summed E-state index contributed by atoms with van der Waals surface area (Å²) in [6, 6.07) is 10.8. The van der Waals surface area contributed by atoms with Crippen molar-refractivity contribution in [3.8, 4) is 0 Å². The van der Waals surface area contributed by atoms with Crippen LogP contribution in [0.15, 0.2) is 54.4 Å². The van der Waals surface area contributed by atoms with Gasteiger partial charge < -0.3 is 5.11 Å². The van der Waals surface area contributed by atoms with Gasteiger partial charge in [0, 0.05) is 38.7 Å². The first-order valence-corrected chi connectivity index (χ1v) is 8.51. The van der Waals surface area contributed by atoms with Gasteiger partial charge in [-0.3, -0.25) is 9.78 Å². The summed E-state index contributed by atoms with van der Waals surface area (Å²) in [6.07, 6.45) is 3.14. The lowest BCUT2D eigenvalue weighted by molar-refractivity contribution is 0.0816. The van der Waals surface area contributed by atoms with Crippen molar-refractivity contribution in [2.24, 2.45) is 0 Å². The molecule has 0 spiro atoms. The van der Waals surface area contributed by atoms with Crippen LogP contribution in [0.3, 0.4) is 0 Å². The Morgan fingerprint density at radius 1 is 1.35 bits per heavy atom. The fraction of sp³-hybridized carbons (Fsp3) is 0.222. The Labute approximate surface area is 144 Å². The molecule has 2 atom stereocenters. The van der Waals surface area contributed by atoms with Crippen LogP contribution in [0.25, 0.3) is 4.91 Å². The number of hydrogen-bond acceptors (Lipinski definition) is 4. The molecule has 0 aliphatic carbocycles. The molecule has 5 heteroatoms. The van der Waals surface area contributed by atoms with Gasteiger partial charge >= 0.3 is 0 Å². The smallest absolute Gasteiger partial charge is 0.194 e. The quantitative estimate of drug-likeness (QED) is 0.846. The number of carbonyl (C=O) groups excluding carboxylic acids is 1. The van der Waals surface area contributed by atoms with E-state index in [1.165, 1.54) is 18.0 Å². The summed E-state index contributed by atoms with van der Waals surface area (Å²) in [5, 5.41) is 11.4. The van der Waals surface area contributed by atoms with Crippen molar-refractivity contribution in [1.82, 2.24) is 4.98 Å². The Morgan fingerprint density at radius 3 is 2.78 bits per heavy atom. The van der Waals surface area contributed by atoms with Crippen LogP contribution in [-0.2, 0) is 0 Å². The molecule has 2 aromatic rings. The molecule has 1 aromatic carbocycles. The molecule has 0 fully saturated rings. The number of nitrogens with zero attached hydrogens (tertiary/aromatic N) is 1. The molecule has 0 radical (unpaired) electrons. The number of halogens is 1. The molecule has 1 aromatic heterocycles. The highest BCUT2D eigenvalue weighted by molar-refractivity contribution is 8.09. The SMILES string of the molecule is CC1SC(c2cccc(Cl)c2)=C(C(=O)c2cccnc2)C1(C)O. The third-order valence-electron chi connectivity index (χ3n) is 4.06. The normalized spacial score (nSPS) is 24.1. The molecular formula is C18H16ClNO2S. The highest BCUT2D eigenvalue weighted by atomic mass is 35.5. The van der Waals surface area contributed by atoms with E-state index in [4.69, 9.17) is 11.6 Å². The summed E-state index contributed by atoms with van der Waals surface area (Å²) in [7, 11) is 0. The Hall–Kier alpha value is -1.62. The van der Waals surface area contributed by atoms with Crippen LogP contribution in [0, 0.1) is 0 Å². The molecule has 118 valence electrons. The second-order valence-electron chi connectivity index (χ2n) is 5.69. The zero-order chi connectivity index (χ0) is 16.6. The van der Waals surface area contributed by atoms with Gasteiger partial charge in [-0.2, -0.15) is 0 Å². The zero-order valence-electron chi connectivity index (χ0n) is 12.8. The first-order valence-electron chi connectivity index (χ1n) is 7.25. The van der Waals surface area contributed by atoms with Crippen molar-refractivity contribution in [2.45, 2.75) is 24.7 Å². The molecule has 3 rings (SSSR count). The summed E-state index contributed by atoms with van der Waals surface area (Å²) in [5.74, 6) is -0.199. The van der Waals surface area contributed by atoms with E-state index >= 15 is 0 Å². The van der Waals surface area contributed by atoms with E-state index < -0.39 is 5.60 Å². The largest absolute Gasteiger partial charge is 0.384 e.